The van der Waals surface area contributed by atoms with Gasteiger partial charge in [-0.1, -0.05) is 31.2 Å². The summed E-state index contributed by atoms with van der Waals surface area (Å²) in [6.45, 7) is 5.20. The molecule has 2 spiro atoms. The SMILES string of the molecule is C[C@]12CC=C3C=C4CC[C@@H](N5CCC5)C[C@]45CCC3(O5)[C@@H]1CCC2c1ccc2ccncc2c1. The Labute approximate surface area is 203 Å². The van der Waals surface area contributed by atoms with Crippen LogP contribution >= 0.6 is 0 Å². The predicted molar refractivity (Wildman–Crippen MR) is 136 cm³/mol. The average molecular weight is 453 g/mol. The van der Waals surface area contributed by atoms with E-state index in [1.54, 1.807) is 11.1 Å². The van der Waals surface area contributed by atoms with Gasteiger partial charge in [-0.25, -0.2) is 0 Å². The Balaban J connectivity index is 1.16. The Bertz CT molecular complexity index is 1240. The van der Waals surface area contributed by atoms with E-state index in [2.05, 4.69) is 53.2 Å². The third kappa shape index (κ3) is 2.53. The van der Waals surface area contributed by atoms with Crippen molar-refractivity contribution in [3.63, 3.8) is 0 Å². The van der Waals surface area contributed by atoms with Gasteiger partial charge in [0.2, 0.25) is 0 Å². The second-order valence-corrected chi connectivity index (χ2v) is 12.5. The highest BCUT2D eigenvalue weighted by atomic mass is 16.5. The molecule has 176 valence electrons. The number of rotatable bonds is 2. The van der Waals surface area contributed by atoms with Crippen molar-refractivity contribution in [3.05, 3.63) is 65.5 Å². The van der Waals surface area contributed by atoms with Crippen LogP contribution in [0.25, 0.3) is 10.8 Å². The lowest BCUT2D eigenvalue weighted by molar-refractivity contribution is -0.142. The number of allylic oxidation sites excluding steroid dienone is 1. The van der Waals surface area contributed by atoms with Gasteiger partial charge in [-0.05, 0) is 122 Å². The quantitative estimate of drug-likeness (QED) is 0.516. The molecule has 2 unspecified atom stereocenters. The molecule has 1 aromatic heterocycles. The molecule has 6 aliphatic rings. The van der Waals surface area contributed by atoms with E-state index in [-0.39, 0.29) is 16.6 Å². The molecular formula is C31H36N2O. The number of benzene rings is 1. The zero-order valence-electron chi connectivity index (χ0n) is 20.4. The van der Waals surface area contributed by atoms with Crippen molar-refractivity contribution in [3.8, 4) is 0 Å². The van der Waals surface area contributed by atoms with Gasteiger partial charge in [-0.2, -0.15) is 0 Å². The first-order valence-corrected chi connectivity index (χ1v) is 13.8. The zero-order chi connectivity index (χ0) is 22.5. The number of aromatic nitrogens is 1. The summed E-state index contributed by atoms with van der Waals surface area (Å²) in [7, 11) is 0. The maximum absolute atomic E-state index is 7.49. The van der Waals surface area contributed by atoms with Crippen LogP contribution in [0.4, 0.5) is 0 Å². The van der Waals surface area contributed by atoms with Crippen LogP contribution in [0.3, 0.4) is 0 Å². The van der Waals surface area contributed by atoms with E-state index in [9.17, 15) is 0 Å². The van der Waals surface area contributed by atoms with Crippen LogP contribution < -0.4 is 0 Å². The Hall–Kier alpha value is -1.97. The lowest BCUT2D eigenvalue weighted by Gasteiger charge is -2.55. The molecule has 4 fully saturated rings. The molecule has 2 bridgehead atoms. The monoisotopic (exact) mass is 452 g/mol. The number of nitrogens with zero attached hydrogens (tertiary/aromatic N) is 2. The molecule has 6 atom stereocenters. The fourth-order valence-corrected chi connectivity index (χ4v) is 9.27. The van der Waals surface area contributed by atoms with Crippen molar-refractivity contribution < 1.29 is 4.74 Å². The number of likely N-dealkylation sites (tertiary alicyclic amines) is 1. The van der Waals surface area contributed by atoms with Crippen LogP contribution in [0, 0.1) is 11.3 Å². The molecule has 0 N–H and O–H groups in total. The molecule has 3 aliphatic carbocycles. The van der Waals surface area contributed by atoms with E-state index in [4.69, 9.17) is 4.74 Å². The number of pyridine rings is 1. The summed E-state index contributed by atoms with van der Waals surface area (Å²) in [4.78, 5) is 7.12. The molecule has 3 nitrogen and oxygen atoms in total. The Morgan fingerprint density at radius 1 is 1.06 bits per heavy atom. The molecule has 0 amide bonds. The van der Waals surface area contributed by atoms with Crippen LogP contribution in [-0.4, -0.2) is 40.2 Å². The molecule has 2 saturated heterocycles. The number of hydrogen-bond donors (Lipinski definition) is 0. The molecule has 8 rings (SSSR count). The molecule has 0 radical (unpaired) electrons. The van der Waals surface area contributed by atoms with E-state index >= 15 is 0 Å². The summed E-state index contributed by atoms with van der Waals surface area (Å²) in [6.07, 6.45) is 20.6. The standard InChI is InChI=1S/C31H36N2O/c1-29-11-9-25-18-24-5-6-26(33-15-2-16-33)19-30(24)12-13-31(25,34-30)28(29)8-7-27(29)22-4-3-21-10-14-32-20-23(21)17-22/h3-4,9-10,14,17-18,20,26-28H,2,5-8,11-13,15-16,19H2,1H3/t26-,27?,28-,29-,30-,31?/m1/s1. The van der Waals surface area contributed by atoms with Gasteiger partial charge in [-0.3, -0.25) is 4.98 Å². The van der Waals surface area contributed by atoms with Gasteiger partial charge in [0.15, 0.2) is 0 Å². The fourth-order valence-electron chi connectivity index (χ4n) is 9.27. The van der Waals surface area contributed by atoms with Crippen molar-refractivity contribution in [2.24, 2.45) is 11.3 Å². The predicted octanol–water partition coefficient (Wildman–Crippen LogP) is 6.55. The van der Waals surface area contributed by atoms with E-state index < -0.39 is 0 Å². The highest BCUT2D eigenvalue weighted by Gasteiger charge is 2.66. The minimum atomic E-state index is -0.0412. The molecule has 3 heteroatoms. The van der Waals surface area contributed by atoms with Crippen molar-refractivity contribution >= 4 is 10.8 Å². The first-order chi connectivity index (χ1) is 16.6. The molecule has 1 aromatic carbocycles. The second-order valence-electron chi connectivity index (χ2n) is 12.5. The molecule has 3 aliphatic heterocycles. The summed E-state index contributed by atoms with van der Waals surface area (Å²) in [5, 5.41) is 2.57. The van der Waals surface area contributed by atoms with Crippen LogP contribution in [0.1, 0.15) is 76.2 Å². The van der Waals surface area contributed by atoms with Crippen molar-refractivity contribution in [2.45, 2.75) is 87.9 Å². The first kappa shape index (κ1) is 20.2. The van der Waals surface area contributed by atoms with Crippen LogP contribution in [0.15, 0.2) is 60.0 Å². The zero-order valence-corrected chi connectivity index (χ0v) is 20.4. The summed E-state index contributed by atoms with van der Waals surface area (Å²) in [6, 6.07) is 9.99. The van der Waals surface area contributed by atoms with Gasteiger partial charge in [0.05, 0.1) is 11.2 Å². The topological polar surface area (TPSA) is 25.4 Å². The van der Waals surface area contributed by atoms with E-state index in [1.165, 1.54) is 87.2 Å². The molecule has 2 aromatic rings. The number of fused-ring (bicyclic) bond motifs is 2. The smallest absolute Gasteiger partial charge is 0.0974 e. The van der Waals surface area contributed by atoms with Gasteiger partial charge in [0.1, 0.15) is 0 Å². The Kier molecular flexibility index (Phi) is 4.06. The van der Waals surface area contributed by atoms with E-state index in [0.29, 0.717) is 11.8 Å². The van der Waals surface area contributed by atoms with Crippen molar-refractivity contribution in [2.75, 3.05) is 13.1 Å². The number of hydrogen-bond acceptors (Lipinski definition) is 3. The first-order valence-electron chi connectivity index (χ1n) is 13.8. The third-order valence-corrected chi connectivity index (χ3v) is 11.1. The fraction of sp³-hybridized carbons (Fsp3) is 0.581. The minimum Gasteiger partial charge on any atom is -0.359 e. The summed E-state index contributed by atoms with van der Waals surface area (Å²) >= 11 is 0. The van der Waals surface area contributed by atoms with E-state index in [1.807, 2.05) is 12.4 Å². The van der Waals surface area contributed by atoms with Gasteiger partial charge in [-0.15, -0.1) is 0 Å². The lowest BCUT2D eigenvalue weighted by Crippen LogP contribution is -2.56. The maximum Gasteiger partial charge on any atom is 0.0974 e. The largest absolute Gasteiger partial charge is 0.359 e. The van der Waals surface area contributed by atoms with E-state index in [0.717, 1.165) is 6.04 Å². The van der Waals surface area contributed by atoms with Crippen molar-refractivity contribution in [1.29, 1.82) is 0 Å². The normalized spacial score (nSPS) is 42.9. The average Bonchev–Trinajstić information content (AvgIpc) is 3.33. The van der Waals surface area contributed by atoms with Crippen LogP contribution in [0.5, 0.6) is 0 Å². The van der Waals surface area contributed by atoms with Gasteiger partial charge in [0.25, 0.3) is 0 Å². The molecule has 4 heterocycles. The number of ether oxygens (including phenoxy) is 1. The van der Waals surface area contributed by atoms with Crippen molar-refractivity contribution in [1.82, 2.24) is 9.88 Å². The highest BCUT2D eigenvalue weighted by molar-refractivity contribution is 5.82. The molecule has 2 saturated carbocycles. The van der Waals surface area contributed by atoms with Gasteiger partial charge in [0, 0.05) is 23.8 Å². The third-order valence-electron chi connectivity index (χ3n) is 11.1. The summed E-state index contributed by atoms with van der Waals surface area (Å²) < 4.78 is 7.49. The summed E-state index contributed by atoms with van der Waals surface area (Å²) in [5.74, 6) is 1.22. The van der Waals surface area contributed by atoms with Gasteiger partial charge >= 0.3 is 0 Å². The Morgan fingerprint density at radius 3 is 2.88 bits per heavy atom. The summed E-state index contributed by atoms with van der Waals surface area (Å²) in [5.41, 5.74) is 4.94. The van der Waals surface area contributed by atoms with Crippen LogP contribution in [0.2, 0.25) is 0 Å². The van der Waals surface area contributed by atoms with Gasteiger partial charge < -0.3 is 9.64 Å². The van der Waals surface area contributed by atoms with Crippen LogP contribution in [-0.2, 0) is 4.74 Å². The highest BCUT2D eigenvalue weighted by Crippen LogP contribution is 2.69. The lowest BCUT2D eigenvalue weighted by atomic mass is 9.58. The second kappa shape index (κ2) is 6.83. The molecular weight excluding hydrogens is 416 g/mol. The minimum absolute atomic E-state index is 0.0286. The maximum atomic E-state index is 7.49. The Morgan fingerprint density at radius 2 is 2.00 bits per heavy atom. The molecule has 34 heavy (non-hydrogen) atoms.